The van der Waals surface area contributed by atoms with Crippen LogP contribution in [0, 0.1) is 5.92 Å². The fourth-order valence-corrected chi connectivity index (χ4v) is 2.27. The van der Waals surface area contributed by atoms with Crippen LogP contribution in [0.4, 0.5) is 0 Å². The Hall–Kier alpha value is 0.400. The smallest absolute Gasteiger partial charge is 0.153 e. The van der Waals surface area contributed by atoms with Crippen LogP contribution in [0.2, 0.25) is 0 Å². The van der Waals surface area contributed by atoms with Crippen LogP contribution in [0.5, 0.6) is 0 Å². The predicted octanol–water partition coefficient (Wildman–Crippen LogP) is 1.55. The predicted molar refractivity (Wildman–Crippen MR) is 54.4 cm³/mol. The molecule has 2 atom stereocenters. The lowest BCUT2D eigenvalue weighted by Gasteiger charge is -2.30. The Morgan fingerprint density at radius 1 is 1.50 bits per heavy atom. The van der Waals surface area contributed by atoms with Crippen LogP contribution in [0.3, 0.4) is 0 Å². The van der Waals surface area contributed by atoms with Crippen molar-refractivity contribution in [1.29, 1.82) is 0 Å². The number of hydrogen-bond acceptors (Lipinski definition) is 4. The lowest BCUT2D eigenvalue weighted by atomic mass is 10.3. The van der Waals surface area contributed by atoms with Gasteiger partial charge >= 0.3 is 0 Å². The third-order valence-electron chi connectivity index (χ3n) is 1.68. The molecule has 0 rings (SSSR count). The summed E-state index contributed by atoms with van der Waals surface area (Å²) in [5, 5.41) is 7.49. The van der Waals surface area contributed by atoms with Gasteiger partial charge in [-0.15, -0.1) is 11.6 Å². The third-order valence-corrected chi connectivity index (χ3v) is 4.64. The van der Waals surface area contributed by atoms with Gasteiger partial charge in [0, 0.05) is 6.61 Å². The number of hydrogen-bond donors (Lipinski definition) is 1. The summed E-state index contributed by atoms with van der Waals surface area (Å²) in [5.74, 6) is -0.169. The Morgan fingerprint density at radius 3 is 2.50 bits per heavy atom. The van der Waals surface area contributed by atoms with Crippen molar-refractivity contribution < 1.29 is 19.1 Å². The van der Waals surface area contributed by atoms with Gasteiger partial charge in [0.05, 0.1) is 11.7 Å². The minimum absolute atomic E-state index is 0.0427. The molecule has 0 aliphatic rings. The average molecular weight is 244 g/mol. The highest BCUT2D eigenvalue weighted by Crippen LogP contribution is 2.48. The van der Waals surface area contributed by atoms with E-state index in [-0.39, 0.29) is 19.1 Å². The van der Waals surface area contributed by atoms with Gasteiger partial charge in [0.1, 0.15) is 0 Å². The second-order valence-corrected chi connectivity index (χ2v) is 6.09. The summed E-state index contributed by atoms with van der Waals surface area (Å²) in [6, 6.07) is 0. The molecule has 0 aliphatic carbocycles. The molecule has 0 saturated heterocycles. The van der Waals surface area contributed by atoms with E-state index in [9.17, 15) is 9.46 Å². The fraction of sp³-hybridized carbons (Fsp3) is 1.00. The molecule has 0 aliphatic heterocycles. The molecule has 0 aromatic rings. The number of aliphatic hydroxyl groups is 1. The second-order valence-electron chi connectivity index (χ2n) is 3.42. The van der Waals surface area contributed by atoms with E-state index < -0.39 is 12.7 Å². The average Bonchev–Trinajstić information content (AvgIpc) is 2.11. The van der Waals surface area contributed by atoms with E-state index in [1.807, 2.05) is 0 Å². The van der Waals surface area contributed by atoms with Crippen LogP contribution in [-0.4, -0.2) is 23.4 Å². The lowest BCUT2D eigenvalue weighted by Crippen LogP contribution is -2.19. The molecule has 0 aromatic carbocycles. The number of alkyl halides is 1. The van der Waals surface area contributed by atoms with Crippen LogP contribution in [0.25, 0.3) is 0 Å². The maximum Gasteiger partial charge on any atom is 0.153 e. The molecule has 0 spiro atoms. The zero-order valence-electron chi connectivity index (χ0n) is 8.48. The number of halogens is 1. The molecule has 0 bridgehead atoms. The summed E-state index contributed by atoms with van der Waals surface area (Å²) in [5.41, 5.74) is 0. The van der Waals surface area contributed by atoms with Crippen molar-refractivity contribution in [2.45, 2.75) is 31.8 Å². The van der Waals surface area contributed by atoms with Gasteiger partial charge in [-0.25, -0.2) is 0 Å². The van der Waals surface area contributed by atoms with Gasteiger partial charge in [0.25, 0.3) is 0 Å². The van der Waals surface area contributed by atoms with Crippen molar-refractivity contribution >= 4 is 19.2 Å². The Morgan fingerprint density at radius 2 is 2.07 bits per heavy atom. The Balaban J connectivity index is 3.89. The zero-order valence-corrected chi connectivity index (χ0v) is 10.1. The van der Waals surface area contributed by atoms with E-state index in [0.717, 1.165) is 0 Å². The molecule has 6 heteroatoms. The van der Waals surface area contributed by atoms with Crippen LogP contribution in [0.1, 0.15) is 26.7 Å². The van der Waals surface area contributed by atoms with Gasteiger partial charge in [-0.3, -0.25) is 0 Å². The maximum atomic E-state index is 11.3. The summed E-state index contributed by atoms with van der Waals surface area (Å²) in [7, 11) is -3.95. The van der Waals surface area contributed by atoms with E-state index >= 15 is 0 Å². The number of rotatable bonds is 7. The van der Waals surface area contributed by atoms with Crippen LogP contribution in [-0.2, 0) is 9.09 Å². The maximum absolute atomic E-state index is 11.3. The van der Waals surface area contributed by atoms with Crippen molar-refractivity contribution in [1.82, 2.24) is 0 Å². The van der Waals surface area contributed by atoms with E-state index in [1.165, 1.54) is 0 Å². The number of unbranched alkanes of at least 4 members (excludes halogenated alkanes) is 1. The first-order valence-electron chi connectivity index (χ1n) is 4.62. The minimum Gasteiger partial charge on any atom is -0.777 e. The Kier molecular flexibility index (Phi) is 7.00. The molecular weight excluding hydrogens is 227 g/mol. The molecule has 14 heavy (non-hydrogen) atoms. The first-order valence-corrected chi connectivity index (χ1v) is 6.67. The van der Waals surface area contributed by atoms with Crippen molar-refractivity contribution in [2.75, 3.05) is 13.2 Å². The summed E-state index contributed by atoms with van der Waals surface area (Å²) >= 11 is 5.67. The standard InChI is InChI=1S/C8H18ClO4P/c1-7(2)8(9)14(11,12)13-6-4-3-5-10/h7-8,10H,3-6H2,1-2H3,(H,11,12)/p-1. The van der Waals surface area contributed by atoms with Gasteiger partial charge in [-0.2, -0.15) is 0 Å². The summed E-state index contributed by atoms with van der Waals surface area (Å²) in [4.78, 5) is 11.3. The van der Waals surface area contributed by atoms with E-state index in [0.29, 0.717) is 12.8 Å². The molecule has 0 saturated carbocycles. The van der Waals surface area contributed by atoms with Gasteiger partial charge < -0.3 is 19.1 Å². The van der Waals surface area contributed by atoms with Gasteiger partial charge in [-0.05, 0) is 18.8 Å². The summed E-state index contributed by atoms with van der Waals surface area (Å²) < 4.78 is 16.1. The molecule has 0 aromatic heterocycles. The molecule has 1 N–H and O–H groups in total. The summed E-state index contributed by atoms with van der Waals surface area (Å²) in [6.07, 6.45) is 1.05. The van der Waals surface area contributed by atoms with Crippen LogP contribution < -0.4 is 4.89 Å². The number of aliphatic hydroxyl groups excluding tert-OH is 1. The van der Waals surface area contributed by atoms with Crippen LogP contribution >= 0.6 is 19.2 Å². The normalized spacial score (nSPS) is 18.1. The van der Waals surface area contributed by atoms with E-state index in [4.69, 9.17) is 21.2 Å². The van der Waals surface area contributed by atoms with E-state index in [1.54, 1.807) is 13.8 Å². The lowest BCUT2D eigenvalue weighted by molar-refractivity contribution is -0.200. The molecule has 0 radical (unpaired) electrons. The van der Waals surface area contributed by atoms with Crippen molar-refractivity contribution in [3.63, 3.8) is 0 Å². The molecule has 0 fully saturated rings. The zero-order chi connectivity index (χ0) is 11.2. The fourth-order valence-electron chi connectivity index (χ4n) is 0.842. The van der Waals surface area contributed by atoms with Gasteiger partial charge in [0.2, 0.25) is 0 Å². The molecule has 4 nitrogen and oxygen atoms in total. The van der Waals surface area contributed by atoms with Gasteiger partial charge in [-0.1, -0.05) is 13.8 Å². The third kappa shape index (κ3) is 5.32. The quantitative estimate of drug-likeness (QED) is 0.418. The van der Waals surface area contributed by atoms with Crippen LogP contribution in [0.15, 0.2) is 0 Å². The van der Waals surface area contributed by atoms with Crippen molar-refractivity contribution in [3.8, 4) is 0 Å². The Labute approximate surface area is 89.8 Å². The highest BCUT2D eigenvalue weighted by atomic mass is 35.5. The summed E-state index contributed by atoms with van der Waals surface area (Å²) in [6.45, 7) is 3.58. The first-order chi connectivity index (χ1) is 6.41. The topological polar surface area (TPSA) is 69.6 Å². The second kappa shape index (κ2) is 6.81. The van der Waals surface area contributed by atoms with Crippen molar-refractivity contribution in [3.05, 3.63) is 0 Å². The SMILES string of the molecule is CC(C)C(Cl)P(=O)([O-])OCCCCO. The molecule has 2 unspecified atom stereocenters. The molecular formula is C8H17ClO4P-. The van der Waals surface area contributed by atoms with Crippen molar-refractivity contribution in [2.24, 2.45) is 5.92 Å². The highest BCUT2D eigenvalue weighted by molar-refractivity contribution is 7.54. The van der Waals surface area contributed by atoms with E-state index in [2.05, 4.69) is 0 Å². The van der Waals surface area contributed by atoms with Gasteiger partial charge in [0.15, 0.2) is 7.60 Å². The first kappa shape index (κ1) is 14.4. The molecule has 86 valence electrons. The minimum atomic E-state index is -3.95. The monoisotopic (exact) mass is 243 g/mol. The highest BCUT2D eigenvalue weighted by Gasteiger charge is 2.23. The Bertz CT molecular complexity index is 198. The molecule has 0 amide bonds. The molecule has 0 heterocycles. The largest absolute Gasteiger partial charge is 0.777 e.